The summed E-state index contributed by atoms with van der Waals surface area (Å²) < 4.78 is 13.4. The second-order valence-electron chi connectivity index (χ2n) is 7.00. The van der Waals surface area contributed by atoms with E-state index >= 15 is 0 Å². The molecule has 0 aromatic carbocycles. The molecule has 6 heteroatoms. The summed E-state index contributed by atoms with van der Waals surface area (Å²) in [5.41, 5.74) is -0.225. The van der Waals surface area contributed by atoms with Crippen molar-refractivity contribution in [3.63, 3.8) is 0 Å². The molecule has 1 rings (SSSR count). The fourth-order valence-electron chi connectivity index (χ4n) is 2.74. The predicted molar refractivity (Wildman–Crippen MR) is 89.7 cm³/mol. The zero-order valence-electron chi connectivity index (χ0n) is 14.7. The summed E-state index contributed by atoms with van der Waals surface area (Å²) in [4.78, 5) is 13.5. The van der Waals surface area contributed by atoms with Crippen molar-refractivity contribution in [2.24, 2.45) is 0 Å². The number of carbonyl (C=O) groups excluding carboxylic acids is 1. The maximum atomic E-state index is 13.4. The summed E-state index contributed by atoms with van der Waals surface area (Å²) in [5.74, 6) is -0.201. The van der Waals surface area contributed by atoms with Gasteiger partial charge in [-0.15, -0.1) is 0 Å². The van der Waals surface area contributed by atoms with Crippen molar-refractivity contribution in [3.05, 3.63) is 0 Å². The largest absolute Gasteiger partial charge is 0.323 e. The van der Waals surface area contributed by atoms with Gasteiger partial charge in [0.05, 0.1) is 19.2 Å². The molecule has 5 nitrogen and oxygen atoms in total. The van der Waals surface area contributed by atoms with Gasteiger partial charge in [-0.25, -0.2) is 4.39 Å². The van der Waals surface area contributed by atoms with Gasteiger partial charge in [0, 0.05) is 18.5 Å². The van der Waals surface area contributed by atoms with Crippen LogP contribution in [0.2, 0.25) is 0 Å². The van der Waals surface area contributed by atoms with Gasteiger partial charge in [0.2, 0.25) is 5.91 Å². The van der Waals surface area contributed by atoms with Crippen LogP contribution in [-0.2, 0) is 4.79 Å². The number of nitrogens with one attached hydrogen (secondary N) is 2. The number of carbonyl (C=O) groups is 1. The second kappa shape index (κ2) is 9.84. The third-order valence-electron chi connectivity index (χ3n) is 4.21. The molecular weight excluding hydrogens is 295 g/mol. The Morgan fingerprint density at radius 1 is 1.39 bits per heavy atom. The van der Waals surface area contributed by atoms with Crippen molar-refractivity contribution >= 4 is 5.91 Å². The Kier molecular flexibility index (Phi) is 8.49. The van der Waals surface area contributed by atoms with Gasteiger partial charge in [-0.3, -0.25) is 4.79 Å². The van der Waals surface area contributed by atoms with Crippen molar-refractivity contribution in [1.82, 2.24) is 15.5 Å². The maximum Gasteiger partial charge on any atom is 0.237 e. The predicted octanol–water partition coefficient (Wildman–Crippen LogP) is 1.99. The first-order chi connectivity index (χ1) is 10.9. The highest BCUT2D eigenvalue weighted by molar-refractivity contribution is 5.79. The van der Waals surface area contributed by atoms with Gasteiger partial charge in [0.15, 0.2) is 0 Å². The van der Waals surface area contributed by atoms with E-state index in [2.05, 4.69) is 17.6 Å². The Bertz CT molecular complexity index is 408. The van der Waals surface area contributed by atoms with Crippen LogP contribution in [-0.4, -0.2) is 54.7 Å². The molecule has 0 aromatic rings. The van der Waals surface area contributed by atoms with Gasteiger partial charge in [-0.05, 0) is 26.8 Å². The van der Waals surface area contributed by atoms with E-state index in [0.717, 1.165) is 13.1 Å². The molecule has 0 spiro atoms. The molecule has 1 fully saturated rings. The van der Waals surface area contributed by atoms with Crippen molar-refractivity contribution in [1.29, 1.82) is 5.26 Å². The van der Waals surface area contributed by atoms with Crippen LogP contribution in [0.1, 0.15) is 52.9 Å². The number of likely N-dealkylation sites (tertiary alicyclic amines) is 1. The monoisotopic (exact) mass is 326 g/mol. The minimum absolute atomic E-state index is 0.0366. The molecule has 0 aliphatic carbocycles. The number of halogens is 1. The number of alkyl halides is 1. The zero-order valence-corrected chi connectivity index (χ0v) is 14.7. The fourth-order valence-corrected chi connectivity index (χ4v) is 2.74. The molecular formula is C17H31FN4O. The lowest BCUT2D eigenvalue weighted by molar-refractivity contribution is -0.130. The highest BCUT2D eigenvalue weighted by atomic mass is 19.1. The highest BCUT2D eigenvalue weighted by Crippen LogP contribution is 2.19. The molecule has 1 aliphatic rings. The number of hydrogen-bond acceptors (Lipinski definition) is 4. The molecule has 2 N–H and O–H groups in total. The Balaban J connectivity index is 2.26. The van der Waals surface area contributed by atoms with Crippen LogP contribution in [0, 0.1) is 11.3 Å². The van der Waals surface area contributed by atoms with Gasteiger partial charge in [0.25, 0.3) is 0 Å². The highest BCUT2D eigenvalue weighted by Gasteiger charge is 2.35. The van der Waals surface area contributed by atoms with Gasteiger partial charge < -0.3 is 15.5 Å². The summed E-state index contributed by atoms with van der Waals surface area (Å²) in [6.07, 6.45) is 3.95. The molecule has 132 valence electrons. The van der Waals surface area contributed by atoms with Crippen molar-refractivity contribution in [2.75, 3.05) is 26.2 Å². The SMILES string of the molecule is CCCCCCNCC(C)(C)NCC(=O)N1C[C@@H](F)C[C@H]1C#N. The molecule has 0 unspecified atom stereocenters. The quantitative estimate of drug-likeness (QED) is 0.603. The molecule has 0 bridgehead atoms. The molecule has 0 radical (unpaired) electrons. The van der Waals surface area contributed by atoms with Crippen molar-refractivity contribution < 1.29 is 9.18 Å². The van der Waals surface area contributed by atoms with Crippen molar-refractivity contribution in [2.45, 2.75) is 70.6 Å². The van der Waals surface area contributed by atoms with E-state index in [4.69, 9.17) is 5.26 Å². The summed E-state index contributed by atoms with van der Waals surface area (Å²) in [6.45, 7) is 8.17. The molecule has 1 saturated heterocycles. The molecule has 1 heterocycles. The summed E-state index contributed by atoms with van der Waals surface area (Å²) in [6, 6.07) is 1.38. The minimum atomic E-state index is -1.08. The first-order valence-corrected chi connectivity index (χ1v) is 8.68. The Morgan fingerprint density at radius 2 is 2.13 bits per heavy atom. The molecule has 0 saturated carbocycles. The zero-order chi connectivity index (χ0) is 17.3. The number of amides is 1. The van der Waals surface area contributed by atoms with Crippen LogP contribution in [0.5, 0.6) is 0 Å². The standard InChI is InChI=1S/C17H31FN4O/c1-4-5-6-7-8-20-13-17(2,3)21-11-16(23)22-12-14(18)9-15(22)10-19/h14-15,20-21H,4-9,11-13H2,1-3H3/t14-,15-/m0/s1. The smallest absolute Gasteiger partial charge is 0.237 e. The Labute approximate surface area is 139 Å². The van der Waals surface area contributed by atoms with E-state index in [1.807, 2.05) is 19.9 Å². The number of nitriles is 1. The van der Waals surface area contributed by atoms with Crippen LogP contribution in [0.25, 0.3) is 0 Å². The number of nitrogens with zero attached hydrogens (tertiary/aromatic N) is 2. The average Bonchev–Trinajstić information content (AvgIpc) is 2.89. The first kappa shape index (κ1) is 19.9. The number of rotatable bonds is 10. The average molecular weight is 326 g/mol. The third kappa shape index (κ3) is 7.28. The van der Waals surface area contributed by atoms with E-state index in [-0.39, 0.29) is 31.0 Å². The first-order valence-electron chi connectivity index (χ1n) is 8.68. The molecule has 0 aromatic heterocycles. The maximum absolute atomic E-state index is 13.4. The van der Waals surface area contributed by atoms with Crippen LogP contribution in [0.3, 0.4) is 0 Å². The lowest BCUT2D eigenvalue weighted by Crippen LogP contribution is -2.52. The van der Waals surface area contributed by atoms with E-state index in [0.29, 0.717) is 0 Å². The van der Waals surface area contributed by atoms with Gasteiger partial charge in [-0.1, -0.05) is 26.2 Å². The summed E-state index contributed by atoms with van der Waals surface area (Å²) in [5, 5.41) is 15.6. The van der Waals surface area contributed by atoms with E-state index in [1.54, 1.807) is 0 Å². The van der Waals surface area contributed by atoms with Crippen LogP contribution in [0.15, 0.2) is 0 Å². The lowest BCUT2D eigenvalue weighted by atomic mass is 10.1. The van der Waals surface area contributed by atoms with Crippen molar-refractivity contribution in [3.8, 4) is 6.07 Å². The topological polar surface area (TPSA) is 68.2 Å². The number of unbranched alkanes of at least 4 members (excludes halogenated alkanes) is 3. The van der Waals surface area contributed by atoms with Crippen LogP contribution >= 0.6 is 0 Å². The lowest BCUT2D eigenvalue weighted by Gasteiger charge is -2.28. The van der Waals surface area contributed by atoms with E-state index < -0.39 is 12.2 Å². The van der Waals surface area contributed by atoms with Gasteiger partial charge in [-0.2, -0.15) is 5.26 Å². The van der Waals surface area contributed by atoms with Crippen LogP contribution < -0.4 is 10.6 Å². The minimum Gasteiger partial charge on any atom is -0.323 e. The molecule has 2 atom stereocenters. The molecule has 1 amide bonds. The Hall–Kier alpha value is -1.19. The van der Waals surface area contributed by atoms with Gasteiger partial charge >= 0.3 is 0 Å². The number of hydrogen-bond donors (Lipinski definition) is 2. The van der Waals surface area contributed by atoms with E-state index in [9.17, 15) is 9.18 Å². The summed E-state index contributed by atoms with van der Waals surface area (Å²) in [7, 11) is 0. The molecule has 1 aliphatic heterocycles. The second-order valence-corrected chi connectivity index (χ2v) is 7.00. The fraction of sp³-hybridized carbons (Fsp3) is 0.882. The van der Waals surface area contributed by atoms with Gasteiger partial charge in [0.1, 0.15) is 12.2 Å². The molecule has 23 heavy (non-hydrogen) atoms. The van der Waals surface area contributed by atoms with E-state index in [1.165, 1.54) is 30.6 Å². The normalized spacial score (nSPS) is 21.4. The summed E-state index contributed by atoms with van der Waals surface area (Å²) >= 11 is 0. The Morgan fingerprint density at radius 3 is 2.78 bits per heavy atom. The third-order valence-corrected chi connectivity index (χ3v) is 4.21. The van der Waals surface area contributed by atoms with Crippen LogP contribution in [0.4, 0.5) is 4.39 Å².